The number of benzene rings is 1. The fraction of sp³-hybridized carbons (Fsp3) is 0.650. The van der Waals surface area contributed by atoms with Crippen LogP contribution in [-0.4, -0.2) is 56.8 Å². The van der Waals surface area contributed by atoms with Crippen molar-refractivity contribution in [2.75, 3.05) is 33.9 Å². The monoisotopic (exact) mass is 362 g/mol. The molecular weight excluding hydrogens is 328 g/mol. The number of nitrogens with one attached hydrogen (secondary N) is 2. The van der Waals surface area contributed by atoms with Gasteiger partial charge in [0.25, 0.3) is 0 Å². The summed E-state index contributed by atoms with van der Waals surface area (Å²) >= 11 is 0. The maximum Gasteiger partial charge on any atom is 0.191 e. The van der Waals surface area contributed by atoms with Crippen LogP contribution >= 0.6 is 0 Å². The van der Waals surface area contributed by atoms with Crippen molar-refractivity contribution in [1.82, 2.24) is 15.5 Å². The molecule has 0 saturated heterocycles. The van der Waals surface area contributed by atoms with Crippen LogP contribution in [0.15, 0.2) is 23.2 Å². The Labute approximate surface area is 158 Å². The molecule has 0 aromatic heterocycles. The number of hydrogen-bond acceptors (Lipinski definition) is 4. The van der Waals surface area contributed by atoms with Crippen LogP contribution in [0.5, 0.6) is 11.5 Å². The maximum absolute atomic E-state index is 5.36. The van der Waals surface area contributed by atoms with Crippen LogP contribution < -0.4 is 20.1 Å². The molecule has 0 spiro atoms. The largest absolute Gasteiger partial charge is 0.493 e. The van der Waals surface area contributed by atoms with E-state index in [1.54, 1.807) is 14.2 Å². The van der Waals surface area contributed by atoms with Crippen LogP contribution in [0, 0.1) is 0 Å². The van der Waals surface area contributed by atoms with Crippen LogP contribution in [0.4, 0.5) is 0 Å². The Balaban J connectivity index is 1.91. The van der Waals surface area contributed by atoms with Crippen molar-refractivity contribution >= 4 is 5.96 Å². The van der Waals surface area contributed by atoms with E-state index in [-0.39, 0.29) is 0 Å². The van der Waals surface area contributed by atoms with E-state index < -0.39 is 0 Å². The minimum Gasteiger partial charge on any atom is -0.493 e. The standard InChI is InChI=1S/C20H34N4O2/c1-6-21-20(22-11-12-24(15(2)3)17-8-9-17)23-14-16-7-10-18(25-4)19(13-16)26-5/h7,10,13,15,17H,6,8-9,11-12,14H2,1-5H3,(H2,21,22,23). The molecule has 1 aromatic rings. The lowest BCUT2D eigenvalue weighted by molar-refractivity contribution is 0.215. The molecule has 1 aliphatic carbocycles. The normalized spacial score (nSPS) is 14.7. The number of rotatable bonds is 10. The molecule has 1 aliphatic rings. The molecule has 0 aliphatic heterocycles. The molecule has 0 heterocycles. The van der Waals surface area contributed by atoms with Crippen molar-refractivity contribution in [3.8, 4) is 11.5 Å². The smallest absolute Gasteiger partial charge is 0.191 e. The van der Waals surface area contributed by atoms with Gasteiger partial charge in [-0.3, -0.25) is 4.90 Å². The molecular formula is C20H34N4O2. The first-order valence-electron chi connectivity index (χ1n) is 9.57. The van der Waals surface area contributed by atoms with Gasteiger partial charge in [-0.1, -0.05) is 6.07 Å². The van der Waals surface area contributed by atoms with Gasteiger partial charge in [0.1, 0.15) is 0 Å². The average Bonchev–Trinajstić information content (AvgIpc) is 3.47. The second-order valence-electron chi connectivity index (χ2n) is 6.87. The summed E-state index contributed by atoms with van der Waals surface area (Å²) in [6, 6.07) is 7.28. The Morgan fingerprint density at radius 2 is 1.92 bits per heavy atom. The van der Waals surface area contributed by atoms with Gasteiger partial charge < -0.3 is 20.1 Å². The van der Waals surface area contributed by atoms with Crippen molar-refractivity contribution in [2.45, 2.75) is 52.2 Å². The zero-order valence-electron chi connectivity index (χ0n) is 16.8. The van der Waals surface area contributed by atoms with E-state index in [2.05, 4.69) is 36.3 Å². The van der Waals surface area contributed by atoms with Gasteiger partial charge in [0.05, 0.1) is 20.8 Å². The number of aliphatic imine (C=N–C) groups is 1. The summed E-state index contributed by atoms with van der Waals surface area (Å²) < 4.78 is 10.6. The molecule has 1 aromatic carbocycles. The Bertz CT molecular complexity index is 583. The van der Waals surface area contributed by atoms with Crippen molar-refractivity contribution in [1.29, 1.82) is 0 Å². The SMILES string of the molecule is CCNC(=NCc1ccc(OC)c(OC)c1)NCCN(C(C)C)C1CC1. The second-order valence-corrected chi connectivity index (χ2v) is 6.87. The molecule has 2 N–H and O–H groups in total. The topological polar surface area (TPSA) is 58.1 Å². The molecule has 26 heavy (non-hydrogen) atoms. The van der Waals surface area contributed by atoms with E-state index in [9.17, 15) is 0 Å². The molecule has 2 rings (SSSR count). The lowest BCUT2D eigenvalue weighted by Crippen LogP contribution is -2.43. The third-order valence-corrected chi connectivity index (χ3v) is 4.55. The predicted octanol–water partition coefficient (Wildman–Crippen LogP) is 2.63. The molecule has 1 fully saturated rings. The molecule has 0 bridgehead atoms. The van der Waals surface area contributed by atoms with Crippen molar-refractivity contribution < 1.29 is 9.47 Å². The summed E-state index contributed by atoms with van der Waals surface area (Å²) in [6.45, 7) is 10.00. The molecule has 0 unspecified atom stereocenters. The molecule has 6 heteroatoms. The fourth-order valence-electron chi connectivity index (χ4n) is 3.06. The van der Waals surface area contributed by atoms with Gasteiger partial charge in [-0.05, 0) is 51.3 Å². The van der Waals surface area contributed by atoms with Gasteiger partial charge in [0, 0.05) is 31.7 Å². The number of nitrogens with zero attached hydrogens (tertiary/aromatic N) is 2. The van der Waals surface area contributed by atoms with Crippen molar-refractivity contribution in [3.05, 3.63) is 23.8 Å². The van der Waals surface area contributed by atoms with Gasteiger partial charge >= 0.3 is 0 Å². The minimum absolute atomic E-state index is 0.589. The minimum atomic E-state index is 0.589. The van der Waals surface area contributed by atoms with Crippen LogP contribution in [-0.2, 0) is 6.54 Å². The average molecular weight is 363 g/mol. The van der Waals surface area contributed by atoms with E-state index in [0.29, 0.717) is 12.6 Å². The van der Waals surface area contributed by atoms with E-state index in [0.717, 1.165) is 48.7 Å². The maximum atomic E-state index is 5.36. The first-order valence-corrected chi connectivity index (χ1v) is 9.57. The summed E-state index contributed by atoms with van der Waals surface area (Å²) in [6.07, 6.45) is 2.68. The highest BCUT2D eigenvalue weighted by Gasteiger charge is 2.30. The van der Waals surface area contributed by atoms with Gasteiger partial charge in [-0.15, -0.1) is 0 Å². The van der Waals surface area contributed by atoms with Crippen LogP contribution in [0.1, 0.15) is 39.2 Å². The highest BCUT2D eigenvalue weighted by atomic mass is 16.5. The Kier molecular flexibility index (Phi) is 8.04. The van der Waals surface area contributed by atoms with Crippen LogP contribution in [0.2, 0.25) is 0 Å². The number of guanidine groups is 1. The zero-order valence-corrected chi connectivity index (χ0v) is 16.8. The number of ether oxygens (including phenoxy) is 2. The first kappa shape index (κ1) is 20.4. The van der Waals surface area contributed by atoms with Gasteiger partial charge in [0.2, 0.25) is 0 Å². The van der Waals surface area contributed by atoms with Gasteiger partial charge in [-0.25, -0.2) is 4.99 Å². The summed E-state index contributed by atoms with van der Waals surface area (Å²) in [5.41, 5.74) is 1.08. The summed E-state index contributed by atoms with van der Waals surface area (Å²) in [7, 11) is 3.29. The predicted molar refractivity (Wildman–Crippen MR) is 107 cm³/mol. The van der Waals surface area contributed by atoms with Crippen LogP contribution in [0.3, 0.4) is 0 Å². The van der Waals surface area contributed by atoms with Crippen molar-refractivity contribution in [2.24, 2.45) is 4.99 Å². The highest BCUT2D eigenvalue weighted by Crippen LogP contribution is 2.28. The molecule has 0 atom stereocenters. The zero-order chi connectivity index (χ0) is 18.9. The van der Waals surface area contributed by atoms with E-state index in [4.69, 9.17) is 14.5 Å². The van der Waals surface area contributed by atoms with Gasteiger partial charge in [0.15, 0.2) is 17.5 Å². The Hall–Kier alpha value is -1.95. The third kappa shape index (κ3) is 6.09. The third-order valence-electron chi connectivity index (χ3n) is 4.55. The summed E-state index contributed by atoms with van der Waals surface area (Å²) in [5.74, 6) is 2.32. The van der Waals surface area contributed by atoms with Crippen LogP contribution in [0.25, 0.3) is 0 Å². The molecule has 0 radical (unpaired) electrons. The highest BCUT2D eigenvalue weighted by molar-refractivity contribution is 5.79. The van der Waals surface area contributed by atoms with Crippen molar-refractivity contribution in [3.63, 3.8) is 0 Å². The Morgan fingerprint density at radius 3 is 2.50 bits per heavy atom. The number of methoxy groups -OCH3 is 2. The first-order chi connectivity index (χ1) is 12.6. The van der Waals surface area contributed by atoms with E-state index in [1.807, 2.05) is 18.2 Å². The summed E-state index contributed by atoms with van der Waals surface area (Å²) in [4.78, 5) is 7.27. The summed E-state index contributed by atoms with van der Waals surface area (Å²) in [5, 5.41) is 6.77. The quantitative estimate of drug-likeness (QED) is 0.495. The molecule has 0 amide bonds. The lowest BCUT2D eigenvalue weighted by atomic mass is 10.2. The van der Waals surface area contributed by atoms with E-state index >= 15 is 0 Å². The molecule has 1 saturated carbocycles. The fourth-order valence-corrected chi connectivity index (χ4v) is 3.06. The number of hydrogen-bond donors (Lipinski definition) is 2. The van der Waals surface area contributed by atoms with E-state index in [1.165, 1.54) is 12.8 Å². The lowest BCUT2D eigenvalue weighted by Gasteiger charge is -2.26. The second kappa shape index (κ2) is 10.3. The van der Waals surface area contributed by atoms with Gasteiger partial charge in [-0.2, -0.15) is 0 Å². The Morgan fingerprint density at radius 1 is 1.19 bits per heavy atom. The molecule has 146 valence electrons. The molecule has 6 nitrogen and oxygen atoms in total.